The van der Waals surface area contributed by atoms with E-state index >= 15 is 0 Å². The van der Waals surface area contributed by atoms with Crippen molar-refractivity contribution in [2.24, 2.45) is 0 Å². The Bertz CT molecular complexity index is 1150. The molecule has 3 aromatic rings. The molecule has 0 unspecified atom stereocenters. The number of rotatable bonds is 8. The predicted molar refractivity (Wildman–Crippen MR) is 128 cm³/mol. The molecule has 0 atom stereocenters. The molecular weight excluding hydrogens is 466 g/mol. The number of hydrogen-bond acceptors (Lipinski definition) is 8. The smallest absolute Gasteiger partial charge is 0.293 e. The van der Waals surface area contributed by atoms with Crippen LogP contribution in [0.5, 0.6) is 0 Å². The number of hydrogen-bond donors (Lipinski definition) is 2. The van der Waals surface area contributed by atoms with Gasteiger partial charge in [0.1, 0.15) is 5.69 Å². The SMILES string of the molecule is O=C(Nc1nc(CN2CCOCC2)cs1)c1ccc(NCc2ccccc2Cl)c([N+](=O)[O-])c1. The maximum Gasteiger partial charge on any atom is 0.293 e. The van der Waals surface area contributed by atoms with Gasteiger partial charge in [-0.05, 0) is 23.8 Å². The number of morpholine rings is 1. The van der Waals surface area contributed by atoms with Gasteiger partial charge in [0.25, 0.3) is 11.6 Å². The summed E-state index contributed by atoms with van der Waals surface area (Å²) in [6.07, 6.45) is 0. The summed E-state index contributed by atoms with van der Waals surface area (Å²) in [5.74, 6) is -0.456. The Hall–Kier alpha value is -3.05. The Morgan fingerprint density at radius 1 is 1.24 bits per heavy atom. The van der Waals surface area contributed by atoms with Crippen LogP contribution in [0.15, 0.2) is 47.8 Å². The molecule has 1 saturated heterocycles. The lowest BCUT2D eigenvalue weighted by Crippen LogP contribution is -2.35. The van der Waals surface area contributed by atoms with Crippen LogP contribution in [0.2, 0.25) is 5.02 Å². The number of aromatic nitrogens is 1. The Morgan fingerprint density at radius 3 is 2.79 bits per heavy atom. The van der Waals surface area contributed by atoms with Crippen LogP contribution < -0.4 is 10.6 Å². The molecule has 33 heavy (non-hydrogen) atoms. The van der Waals surface area contributed by atoms with E-state index in [-0.39, 0.29) is 11.3 Å². The summed E-state index contributed by atoms with van der Waals surface area (Å²) in [6, 6.07) is 11.6. The van der Waals surface area contributed by atoms with Gasteiger partial charge in [-0.1, -0.05) is 29.8 Å². The Balaban J connectivity index is 1.42. The number of nitro groups is 1. The van der Waals surface area contributed by atoms with E-state index in [4.69, 9.17) is 16.3 Å². The van der Waals surface area contributed by atoms with E-state index in [9.17, 15) is 14.9 Å². The number of ether oxygens (including phenoxy) is 1. The summed E-state index contributed by atoms with van der Waals surface area (Å²) in [4.78, 5) is 30.5. The van der Waals surface area contributed by atoms with Crippen molar-refractivity contribution in [2.45, 2.75) is 13.1 Å². The standard InChI is InChI=1S/C22H22ClN5O4S/c23-18-4-2-1-3-16(18)12-24-19-6-5-15(11-20(19)28(30)31)21(29)26-22-25-17(14-33-22)13-27-7-9-32-10-8-27/h1-6,11,14,24H,7-10,12-13H2,(H,25,26,29). The lowest BCUT2D eigenvalue weighted by atomic mass is 10.1. The number of halogens is 1. The van der Waals surface area contributed by atoms with Crippen molar-refractivity contribution in [1.82, 2.24) is 9.88 Å². The maximum absolute atomic E-state index is 12.7. The van der Waals surface area contributed by atoms with Gasteiger partial charge >= 0.3 is 0 Å². The highest BCUT2D eigenvalue weighted by Crippen LogP contribution is 2.28. The second kappa shape index (κ2) is 10.7. The van der Waals surface area contributed by atoms with E-state index in [0.717, 1.165) is 24.3 Å². The number of nitrogens with one attached hydrogen (secondary N) is 2. The average molecular weight is 488 g/mol. The summed E-state index contributed by atoms with van der Waals surface area (Å²) in [6.45, 7) is 4.11. The minimum Gasteiger partial charge on any atom is -0.379 e. The van der Waals surface area contributed by atoms with Gasteiger partial charge in [0.2, 0.25) is 0 Å². The molecule has 2 aromatic carbocycles. The van der Waals surface area contributed by atoms with Crippen molar-refractivity contribution in [3.05, 3.63) is 79.8 Å². The summed E-state index contributed by atoms with van der Waals surface area (Å²) in [7, 11) is 0. The van der Waals surface area contributed by atoms with Gasteiger partial charge in [-0.3, -0.25) is 25.1 Å². The van der Waals surface area contributed by atoms with E-state index in [2.05, 4.69) is 20.5 Å². The molecular formula is C22H22ClN5O4S. The predicted octanol–water partition coefficient (Wildman–Crippen LogP) is 4.40. The van der Waals surface area contributed by atoms with Crippen molar-refractivity contribution in [1.29, 1.82) is 0 Å². The molecule has 2 N–H and O–H groups in total. The molecule has 1 amide bonds. The lowest BCUT2D eigenvalue weighted by molar-refractivity contribution is -0.384. The molecule has 1 aliphatic rings. The summed E-state index contributed by atoms with van der Waals surface area (Å²) < 4.78 is 5.35. The molecule has 1 aliphatic heterocycles. The number of carbonyl (C=O) groups is 1. The second-order valence-corrected chi connectivity index (χ2v) is 8.69. The number of carbonyl (C=O) groups excluding carboxylic acids is 1. The highest BCUT2D eigenvalue weighted by atomic mass is 35.5. The van der Waals surface area contributed by atoms with Gasteiger partial charge < -0.3 is 10.1 Å². The first-order chi connectivity index (χ1) is 16.0. The summed E-state index contributed by atoms with van der Waals surface area (Å²) in [5.41, 5.74) is 1.96. The first kappa shape index (κ1) is 23.1. The van der Waals surface area contributed by atoms with Gasteiger partial charge in [0, 0.05) is 48.2 Å². The largest absolute Gasteiger partial charge is 0.379 e. The maximum atomic E-state index is 12.7. The second-order valence-electron chi connectivity index (χ2n) is 7.42. The van der Waals surface area contributed by atoms with Crippen molar-refractivity contribution >= 4 is 45.4 Å². The molecule has 9 nitrogen and oxygen atoms in total. The van der Waals surface area contributed by atoms with Crippen molar-refractivity contribution in [3.63, 3.8) is 0 Å². The monoisotopic (exact) mass is 487 g/mol. The molecule has 0 radical (unpaired) electrons. The fourth-order valence-corrected chi connectivity index (χ4v) is 4.30. The van der Waals surface area contributed by atoms with Crippen LogP contribution in [0.25, 0.3) is 0 Å². The van der Waals surface area contributed by atoms with Crippen LogP contribution in [-0.4, -0.2) is 47.0 Å². The number of nitro benzene ring substituents is 1. The molecule has 1 aromatic heterocycles. The third kappa shape index (κ3) is 6.05. The minimum absolute atomic E-state index is 0.176. The molecule has 2 heterocycles. The minimum atomic E-state index is -0.518. The zero-order valence-electron chi connectivity index (χ0n) is 17.6. The topological polar surface area (TPSA) is 110 Å². The van der Waals surface area contributed by atoms with Crippen LogP contribution in [0.4, 0.5) is 16.5 Å². The van der Waals surface area contributed by atoms with Gasteiger partial charge in [0.15, 0.2) is 5.13 Å². The third-order valence-electron chi connectivity index (χ3n) is 5.15. The average Bonchev–Trinajstić information content (AvgIpc) is 3.25. The van der Waals surface area contributed by atoms with Crippen LogP contribution in [-0.2, 0) is 17.8 Å². The molecule has 1 fully saturated rings. The van der Waals surface area contributed by atoms with Gasteiger partial charge in [-0.25, -0.2) is 4.98 Å². The zero-order valence-corrected chi connectivity index (χ0v) is 19.2. The van der Waals surface area contributed by atoms with E-state index in [1.807, 2.05) is 23.6 Å². The number of nitrogens with zero attached hydrogens (tertiary/aromatic N) is 3. The quantitative estimate of drug-likeness (QED) is 0.358. The molecule has 0 spiro atoms. The highest BCUT2D eigenvalue weighted by Gasteiger charge is 2.19. The van der Waals surface area contributed by atoms with Crippen molar-refractivity contribution in [2.75, 3.05) is 36.9 Å². The fourth-order valence-electron chi connectivity index (χ4n) is 3.40. The Morgan fingerprint density at radius 2 is 2.03 bits per heavy atom. The number of anilines is 2. The molecule has 172 valence electrons. The normalized spacial score (nSPS) is 14.1. The van der Waals surface area contributed by atoms with Crippen LogP contribution in [0, 0.1) is 10.1 Å². The third-order valence-corrected chi connectivity index (χ3v) is 6.32. The van der Waals surface area contributed by atoms with Crippen molar-refractivity contribution < 1.29 is 14.5 Å². The summed E-state index contributed by atoms with van der Waals surface area (Å²) in [5, 5.41) is 20.3. The zero-order chi connectivity index (χ0) is 23.2. The molecule has 4 rings (SSSR count). The molecule has 0 aliphatic carbocycles. The first-order valence-electron chi connectivity index (χ1n) is 10.3. The molecule has 11 heteroatoms. The Kier molecular flexibility index (Phi) is 7.50. The number of thiazole rings is 1. The van der Waals surface area contributed by atoms with Crippen LogP contribution in [0.1, 0.15) is 21.6 Å². The van der Waals surface area contributed by atoms with E-state index in [0.29, 0.717) is 42.1 Å². The first-order valence-corrected chi connectivity index (χ1v) is 11.6. The number of amides is 1. The molecule has 0 bridgehead atoms. The Labute approximate surface area is 199 Å². The van der Waals surface area contributed by atoms with Gasteiger partial charge in [0.05, 0.1) is 23.8 Å². The fraction of sp³-hybridized carbons (Fsp3) is 0.273. The van der Waals surface area contributed by atoms with Crippen LogP contribution in [0.3, 0.4) is 0 Å². The van der Waals surface area contributed by atoms with E-state index in [1.54, 1.807) is 12.1 Å². The van der Waals surface area contributed by atoms with Crippen LogP contribution >= 0.6 is 22.9 Å². The molecule has 0 saturated carbocycles. The van der Waals surface area contributed by atoms with Gasteiger partial charge in [-0.15, -0.1) is 11.3 Å². The van der Waals surface area contributed by atoms with Gasteiger partial charge in [-0.2, -0.15) is 0 Å². The summed E-state index contributed by atoms with van der Waals surface area (Å²) >= 11 is 7.48. The number of benzene rings is 2. The van der Waals surface area contributed by atoms with Crippen molar-refractivity contribution in [3.8, 4) is 0 Å². The highest BCUT2D eigenvalue weighted by molar-refractivity contribution is 7.14. The van der Waals surface area contributed by atoms with E-state index in [1.165, 1.54) is 23.5 Å². The lowest BCUT2D eigenvalue weighted by Gasteiger charge is -2.25. The van der Waals surface area contributed by atoms with E-state index < -0.39 is 10.8 Å².